The molecule has 0 aromatic heterocycles. The van der Waals surface area contributed by atoms with Crippen molar-refractivity contribution >= 4 is 12.1 Å². The number of nitrogens with zero attached hydrogens (tertiary/aromatic N) is 1. The Balaban J connectivity index is 2.57. The molecule has 0 saturated heterocycles. The van der Waals surface area contributed by atoms with Gasteiger partial charge >= 0.3 is 12.1 Å². The van der Waals surface area contributed by atoms with E-state index in [4.69, 9.17) is 9.47 Å². The number of hydrogen-bond acceptors (Lipinski definition) is 4. The van der Waals surface area contributed by atoms with Crippen LogP contribution in [-0.4, -0.2) is 41.8 Å². The summed E-state index contributed by atoms with van der Waals surface area (Å²) in [6.45, 7) is 9.75. The number of carbonyl (C=O) groups excluding carboxylic acids is 2. The van der Waals surface area contributed by atoms with Gasteiger partial charge < -0.3 is 14.4 Å². The van der Waals surface area contributed by atoms with Crippen LogP contribution in [0.5, 0.6) is 0 Å². The van der Waals surface area contributed by atoms with E-state index in [0.29, 0.717) is 12.1 Å². The Hall–Kier alpha value is -2.04. The summed E-state index contributed by atoms with van der Waals surface area (Å²) in [5.41, 5.74) is -0.0553. The van der Waals surface area contributed by atoms with Gasteiger partial charge in [0.1, 0.15) is 12.2 Å². The first-order valence-corrected chi connectivity index (χ1v) is 7.46. The fourth-order valence-electron chi connectivity index (χ4n) is 1.89. The van der Waals surface area contributed by atoms with Gasteiger partial charge in [-0.25, -0.2) is 9.59 Å². The maximum absolute atomic E-state index is 12.1. The molecule has 0 bridgehead atoms. The lowest BCUT2D eigenvalue weighted by Gasteiger charge is -2.30. The Morgan fingerprint density at radius 1 is 1.18 bits per heavy atom. The fourth-order valence-corrected chi connectivity index (χ4v) is 1.89. The third kappa shape index (κ3) is 5.76. The van der Waals surface area contributed by atoms with Crippen molar-refractivity contribution in [1.82, 2.24) is 4.90 Å². The molecule has 1 rings (SSSR count). The van der Waals surface area contributed by atoms with Gasteiger partial charge in [-0.1, -0.05) is 18.2 Å². The second-order valence-electron chi connectivity index (χ2n) is 6.08. The first-order valence-electron chi connectivity index (χ1n) is 7.46. The molecule has 1 amide bonds. The van der Waals surface area contributed by atoms with E-state index >= 15 is 0 Å². The third-order valence-corrected chi connectivity index (χ3v) is 2.97. The molecule has 0 saturated carbocycles. The van der Waals surface area contributed by atoms with Crippen LogP contribution < -0.4 is 0 Å². The predicted octanol–water partition coefficient (Wildman–Crippen LogP) is 3.49. The molecule has 1 aromatic rings. The van der Waals surface area contributed by atoms with Crippen LogP contribution in [0, 0.1) is 0 Å². The molecule has 0 heterocycles. The van der Waals surface area contributed by atoms with E-state index in [1.54, 1.807) is 29.2 Å². The van der Waals surface area contributed by atoms with Gasteiger partial charge in [-0.3, -0.25) is 0 Å². The highest BCUT2D eigenvalue weighted by Crippen LogP contribution is 2.12. The van der Waals surface area contributed by atoms with Crippen molar-refractivity contribution in [2.24, 2.45) is 0 Å². The minimum atomic E-state index is -0.551. The number of benzene rings is 1. The van der Waals surface area contributed by atoms with Crippen LogP contribution in [0.4, 0.5) is 4.79 Å². The van der Waals surface area contributed by atoms with Gasteiger partial charge in [0.2, 0.25) is 0 Å². The number of esters is 1. The Bertz CT molecular complexity index is 493. The molecule has 1 unspecified atom stereocenters. The molecule has 5 nitrogen and oxygen atoms in total. The average molecular weight is 307 g/mol. The van der Waals surface area contributed by atoms with Gasteiger partial charge in [-0.05, 0) is 46.8 Å². The van der Waals surface area contributed by atoms with Crippen molar-refractivity contribution < 1.29 is 19.1 Å². The molecule has 5 heteroatoms. The van der Waals surface area contributed by atoms with Crippen molar-refractivity contribution in [2.45, 2.75) is 46.3 Å². The van der Waals surface area contributed by atoms with Crippen LogP contribution in [0.2, 0.25) is 0 Å². The molecule has 0 aliphatic rings. The van der Waals surface area contributed by atoms with E-state index in [1.807, 2.05) is 40.7 Å². The smallest absolute Gasteiger partial charge is 0.410 e. The Kier molecular flexibility index (Phi) is 6.40. The van der Waals surface area contributed by atoms with Crippen LogP contribution in [0.25, 0.3) is 0 Å². The molecule has 0 N–H and O–H groups in total. The van der Waals surface area contributed by atoms with Crippen molar-refractivity contribution in [3.05, 3.63) is 35.9 Å². The second kappa shape index (κ2) is 7.82. The van der Waals surface area contributed by atoms with Gasteiger partial charge in [0.25, 0.3) is 0 Å². The number of amides is 1. The molecule has 0 aliphatic carbocycles. The van der Waals surface area contributed by atoms with Crippen LogP contribution in [-0.2, 0) is 9.47 Å². The minimum absolute atomic E-state index is 0.126. The highest BCUT2D eigenvalue weighted by molar-refractivity contribution is 5.89. The summed E-state index contributed by atoms with van der Waals surface area (Å²) in [6.07, 6.45) is -0.404. The number of likely N-dealkylation sites (N-methyl/N-ethyl adjacent to an activating group) is 1. The van der Waals surface area contributed by atoms with Gasteiger partial charge in [0.05, 0.1) is 11.6 Å². The Morgan fingerprint density at radius 2 is 1.77 bits per heavy atom. The first kappa shape index (κ1) is 18.0. The topological polar surface area (TPSA) is 55.8 Å². The van der Waals surface area contributed by atoms with Crippen LogP contribution in [0.1, 0.15) is 45.0 Å². The molecule has 122 valence electrons. The predicted molar refractivity (Wildman–Crippen MR) is 84.8 cm³/mol. The summed E-state index contributed by atoms with van der Waals surface area (Å²) in [6, 6.07) is 8.52. The highest BCUT2D eigenvalue weighted by atomic mass is 16.6. The average Bonchev–Trinajstić information content (AvgIpc) is 2.44. The van der Waals surface area contributed by atoms with Gasteiger partial charge in [0, 0.05) is 6.54 Å². The number of ether oxygens (including phenoxy) is 2. The van der Waals surface area contributed by atoms with Gasteiger partial charge in [-0.15, -0.1) is 0 Å². The molecule has 22 heavy (non-hydrogen) atoms. The van der Waals surface area contributed by atoms with Crippen LogP contribution >= 0.6 is 0 Å². The monoisotopic (exact) mass is 307 g/mol. The summed E-state index contributed by atoms with van der Waals surface area (Å²) in [5, 5.41) is 0. The summed E-state index contributed by atoms with van der Waals surface area (Å²) in [7, 11) is 0. The van der Waals surface area contributed by atoms with Crippen LogP contribution in [0.15, 0.2) is 30.3 Å². The molecule has 0 fully saturated rings. The minimum Gasteiger partial charge on any atom is -0.460 e. The van der Waals surface area contributed by atoms with Crippen molar-refractivity contribution in [2.75, 3.05) is 13.2 Å². The lowest BCUT2D eigenvalue weighted by Crippen LogP contribution is -2.44. The number of hydrogen-bond donors (Lipinski definition) is 0. The largest absolute Gasteiger partial charge is 0.460 e. The van der Waals surface area contributed by atoms with Crippen molar-refractivity contribution in [3.63, 3.8) is 0 Å². The molecule has 0 aliphatic heterocycles. The maximum Gasteiger partial charge on any atom is 0.410 e. The van der Waals surface area contributed by atoms with E-state index in [0.717, 1.165) is 0 Å². The molecular weight excluding hydrogens is 282 g/mol. The second-order valence-corrected chi connectivity index (χ2v) is 6.08. The van der Waals surface area contributed by atoms with E-state index in [2.05, 4.69) is 0 Å². The molecule has 1 aromatic carbocycles. The normalized spacial score (nSPS) is 12.4. The maximum atomic E-state index is 12.1. The summed E-state index contributed by atoms with van der Waals surface area (Å²) in [5.74, 6) is -0.396. The highest BCUT2D eigenvalue weighted by Gasteiger charge is 2.25. The lowest BCUT2D eigenvalue weighted by atomic mass is 10.2. The van der Waals surface area contributed by atoms with Gasteiger partial charge in [-0.2, -0.15) is 0 Å². The van der Waals surface area contributed by atoms with Crippen molar-refractivity contribution in [3.8, 4) is 0 Å². The standard InChI is InChI=1S/C17H25NO4/c1-6-18(16(20)22-17(3,4)5)13(2)12-21-15(19)14-10-8-7-9-11-14/h7-11,13H,6,12H2,1-5H3. The molecule has 0 radical (unpaired) electrons. The van der Waals surface area contributed by atoms with Gasteiger partial charge in [0.15, 0.2) is 0 Å². The third-order valence-electron chi connectivity index (χ3n) is 2.97. The zero-order chi connectivity index (χ0) is 16.8. The number of carbonyl (C=O) groups is 2. The summed E-state index contributed by atoms with van der Waals surface area (Å²) < 4.78 is 10.6. The quantitative estimate of drug-likeness (QED) is 0.781. The molecule has 1 atom stereocenters. The number of rotatable bonds is 5. The molecular formula is C17H25NO4. The Morgan fingerprint density at radius 3 is 2.27 bits per heavy atom. The van der Waals surface area contributed by atoms with Crippen LogP contribution in [0.3, 0.4) is 0 Å². The summed E-state index contributed by atoms with van der Waals surface area (Å²) in [4.78, 5) is 25.6. The van der Waals surface area contributed by atoms with E-state index in [1.165, 1.54) is 0 Å². The fraction of sp³-hybridized carbons (Fsp3) is 0.529. The van der Waals surface area contributed by atoms with E-state index < -0.39 is 17.7 Å². The van der Waals surface area contributed by atoms with E-state index in [-0.39, 0.29) is 12.6 Å². The van der Waals surface area contributed by atoms with Crippen molar-refractivity contribution in [1.29, 1.82) is 0 Å². The first-order chi connectivity index (χ1) is 10.2. The lowest BCUT2D eigenvalue weighted by molar-refractivity contribution is 0.00605. The SMILES string of the molecule is CCN(C(=O)OC(C)(C)C)C(C)COC(=O)c1ccccc1. The Labute approximate surface area is 132 Å². The summed E-state index contributed by atoms with van der Waals surface area (Å²) >= 11 is 0. The zero-order valence-corrected chi connectivity index (χ0v) is 14.0. The molecule has 0 spiro atoms. The van der Waals surface area contributed by atoms with E-state index in [9.17, 15) is 9.59 Å². The zero-order valence-electron chi connectivity index (χ0n) is 14.0.